The molecule has 8 nitrogen and oxygen atoms in total. The Morgan fingerprint density at radius 2 is 1.75 bits per heavy atom. The number of nitrogens with zero attached hydrogens (tertiary/aromatic N) is 3. The summed E-state index contributed by atoms with van der Waals surface area (Å²) in [4.78, 5) is 18.8. The monoisotopic (exact) mass is 479 g/mol. The summed E-state index contributed by atoms with van der Waals surface area (Å²) in [5.74, 6) is -0.165. The van der Waals surface area contributed by atoms with Gasteiger partial charge in [-0.3, -0.25) is 4.79 Å². The summed E-state index contributed by atoms with van der Waals surface area (Å²) in [5.41, 5.74) is 1.17. The molecular formula is C22H29N3O5S2. The van der Waals surface area contributed by atoms with Crippen LogP contribution in [0, 0.1) is 0 Å². The van der Waals surface area contributed by atoms with Gasteiger partial charge in [-0.05, 0) is 36.6 Å². The minimum Gasteiger partial charge on any atom is -0.379 e. The van der Waals surface area contributed by atoms with E-state index in [1.165, 1.54) is 4.31 Å². The second-order valence-electron chi connectivity index (χ2n) is 7.69. The van der Waals surface area contributed by atoms with Crippen LogP contribution in [-0.2, 0) is 26.0 Å². The third-order valence-corrected chi connectivity index (χ3v) is 8.51. The van der Waals surface area contributed by atoms with Crippen LogP contribution in [0.2, 0.25) is 0 Å². The molecule has 0 unspecified atom stereocenters. The van der Waals surface area contributed by atoms with Crippen LogP contribution in [0.1, 0.15) is 22.2 Å². The molecule has 2 aliphatic rings. The summed E-state index contributed by atoms with van der Waals surface area (Å²) in [5, 5.41) is 1.99. The highest BCUT2D eigenvalue weighted by Gasteiger charge is 2.30. The van der Waals surface area contributed by atoms with Crippen molar-refractivity contribution < 1.29 is 22.7 Å². The van der Waals surface area contributed by atoms with Gasteiger partial charge < -0.3 is 19.3 Å². The summed E-state index contributed by atoms with van der Waals surface area (Å²) >= 11 is 1.60. The Bertz CT molecular complexity index is 1010. The number of hydrogen-bond acceptors (Lipinski definition) is 7. The second-order valence-corrected chi connectivity index (χ2v) is 10.7. The lowest BCUT2D eigenvalue weighted by atomic mass is 10.1. The average molecular weight is 480 g/mol. The Morgan fingerprint density at radius 3 is 2.38 bits per heavy atom. The molecule has 4 rings (SSSR count). The maximum Gasteiger partial charge on any atom is 0.256 e. The summed E-state index contributed by atoms with van der Waals surface area (Å²) in [6.07, 6.45) is 0. The van der Waals surface area contributed by atoms with Gasteiger partial charge in [0.05, 0.1) is 43.4 Å². The molecule has 0 atom stereocenters. The Balaban J connectivity index is 1.70. The van der Waals surface area contributed by atoms with E-state index in [2.05, 4.69) is 4.90 Å². The lowest BCUT2D eigenvalue weighted by molar-refractivity contribution is 0.0729. The van der Waals surface area contributed by atoms with Crippen molar-refractivity contribution in [3.8, 4) is 0 Å². The highest BCUT2D eigenvalue weighted by Crippen LogP contribution is 2.29. The van der Waals surface area contributed by atoms with Crippen molar-refractivity contribution in [2.24, 2.45) is 0 Å². The van der Waals surface area contributed by atoms with Crippen LogP contribution >= 0.6 is 11.3 Å². The van der Waals surface area contributed by atoms with Gasteiger partial charge in [-0.1, -0.05) is 6.07 Å². The third-order valence-electron chi connectivity index (χ3n) is 5.75. The van der Waals surface area contributed by atoms with Crippen LogP contribution in [0.3, 0.4) is 0 Å². The zero-order valence-electron chi connectivity index (χ0n) is 18.2. The van der Waals surface area contributed by atoms with E-state index in [4.69, 9.17) is 9.47 Å². The van der Waals surface area contributed by atoms with Crippen molar-refractivity contribution in [1.29, 1.82) is 0 Å². The first kappa shape index (κ1) is 23.2. The smallest absolute Gasteiger partial charge is 0.256 e. The van der Waals surface area contributed by atoms with Gasteiger partial charge in [0.15, 0.2) is 0 Å². The number of rotatable bonds is 7. The highest BCUT2D eigenvalue weighted by molar-refractivity contribution is 7.89. The highest BCUT2D eigenvalue weighted by atomic mass is 32.2. The maximum atomic E-state index is 13.7. The Morgan fingerprint density at radius 1 is 1.06 bits per heavy atom. The van der Waals surface area contributed by atoms with Crippen molar-refractivity contribution in [3.63, 3.8) is 0 Å². The van der Waals surface area contributed by atoms with E-state index >= 15 is 0 Å². The molecular weight excluding hydrogens is 450 g/mol. The molecule has 2 fully saturated rings. The summed E-state index contributed by atoms with van der Waals surface area (Å²) < 4.78 is 38.7. The summed E-state index contributed by atoms with van der Waals surface area (Å²) in [6.45, 7) is 6.82. The number of hydrogen-bond donors (Lipinski definition) is 0. The number of amides is 1. The Hall–Kier alpha value is -1.98. The quantitative estimate of drug-likeness (QED) is 0.606. The molecule has 0 bridgehead atoms. The number of ether oxygens (including phenoxy) is 2. The standard InChI is InChI=1S/C22H29N3O5S2/c1-2-23(17-18-4-3-15-31-18)22(26)20-16-19(32(27,28)25-9-13-30-14-10-25)5-6-21(20)24-7-11-29-12-8-24/h3-6,15-16H,2,7-14,17H2,1H3. The minimum atomic E-state index is -3.71. The van der Waals surface area contributed by atoms with Crippen LogP contribution in [0.15, 0.2) is 40.6 Å². The van der Waals surface area contributed by atoms with Gasteiger partial charge in [0.2, 0.25) is 10.0 Å². The lowest BCUT2D eigenvalue weighted by Crippen LogP contribution is -2.41. The molecule has 2 aromatic rings. The number of carbonyl (C=O) groups excluding carboxylic acids is 1. The largest absolute Gasteiger partial charge is 0.379 e. The minimum absolute atomic E-state index is 0.145. The molecule has 0 radical (unpaired) electrons. The zero-order valence-corrected chi connectivity index (χ0v) is 19.9. The van der Waals surface area contributed by atoms with E-state index in [0.717, 1.165) is 10.6 Å². The SMILES string of the molecule is CCN(Cc1cccs1)C(=O)c1cc(S(=O)(=O)N2CCOCC2)ccc1N1CCOCC1. The number of carbonyl (C=O) groups is 1. The van der Waals surface area contributed by atoms with Gasteiger partial charge in [0.1, 0.15) is 0 Å². The Kier molecular flexibility index (Phi) is 7.47. The molecule has 2 saturated heterocycles. The van der Waals surface area contributed by atoms with E-state index < -0.39 is 10.0 Å². The fourth-order valence-corrected chi connectivity index (χ4v) is 6.11. The second kappa shape index (κ2) is 10.3. The van der Waals surface area contributed by atoms with Crippen molar-refractivity contribution in [1.82, 2.24) is 9.21 Å². The molecule has 1 aromatic heterocycles. The first-order valence-electron chi connectivity index (χ1n) is 10.9. The van der Waals surface area contributed by atoms with E-state index in [1.807, 2.05) is 24.4 Å². The van der Waals surface area contributed by atoms with E-state index in [-0.39, 0.29) is 10.8 Å². The van der Waals surface area contributed by atoms with Crippen LogP contribution in [0.25, 0.3) is 0 Å². The number of morpholine rings is 2. The molecule has 1 amide bonds. The molecule has 32 heavy (non-hydrogen) atoms. The van der Waals surface area contributed by atoms with Gasteiger partial charge in [-0.25, -0.2) is 8.42 Å². The summed E-state index contributed by atoms with van der Waals surface area (Å²) in [7, 11) is -3.71. The van der Waals surface area contributed by atoms with Gasteiger partial charge in [-0.15, -0.1) is 11.3 Å². The average Bonchev–Trinajstić information content (AvgIpc) is 3.36. The number of sulfonamides is 1. The normalized spacial score (nSPS) is 18.0. The van der Waals surface area contributed by atoms with Crippen LogP contribution in [0.4, 0.5) is 5.69 Å². The van der Waals surface area contributed by atoms with Gasteiger partial charge >= 0.3 is 0 Å². The van der Waals surface area contributed by atoms with Gasteiger partial charge in [0.25, 0.3) is 5.91 Å². The van der Waals surface area contributed by atoms with Gasteiger partial charge in [0, 0.05) is 43.3 Å². The first-order valence-corrected chi connectivity index (χ1v) is 13.2. The number of anilines is 1. The first-order chi connectivity index (χ1) is 15.5. The molecule has 10 heteroatoms. The van der Waals surface area contributed by atoms with E-state index in [0.29, 0.717) is 71.3 Å². The van der Waals surface area contributed by atoms with Crippen LogP contribution < -0.4 is 4.90 Å². The predicted molar refractivity (Wildman–Crippen MR) is 124 cm³/mol. The van der Waals surface area contributed by atoms with Gasteiger partial charge in [-0.2, -0.15) is 4.31 Å². The molecule has 1 aromatic carbocycles. The molecule has 0 saturated carbocycles. The van der Waals surface area contributed by atoms with E-state index in [9.17, 15) is 13.2 Å². The fourth-order valence-electron chi connectivity index (χ4n) is 3.95. The van der Waals surface area contributed by atoms with Crippen molar-refractivity contribution in [3.05, 3.63) is 46.2 Å². The van der Waals surface area contributed by atoms with E-state index in [1.54, 1.807) is 34.4 Å². The predicted octanol–water partition coefficient (Wildman–Crippen LogP) is 2.27. The zero-order chi connectivity index (χ0) is 22.6. The Labute approximate surface area is 193 Å². The molecule has 0 spiro atoms. The van der Waals surface area contributed by atoms with Crippen LogP contribution in [0.5, 0.6) is 0 Å². The molecule has 3 heterocycles. The van der Waals surface area contributed by atoms with Crippen molar-refractivity contribution in [2.45, 2.75) is 18.4 Å². The molecule has 2 aliphatic heterocycles. The molecule has 0 aliphatic carbocycles. The third kappa shape index (κ3) is 4.99. The van der Waals surface area contributed by atoms with Crippen LogP contribution in [-0.4, -0.2) is 82.7 Å². The molecule has 0 N–H and O–H groups in total. The number of thiophene rings is 1. The summed E-state index contributed by atoms with van der Waals surface area (Å²) in [6, 6.07) is 8.90. The maximum absolute atomic E-state index is 13.7. The topological polar surface area (TPSA) is 79.4 Å². The fraction of sp³-hybridized carbons (Fsp3) is 0.500. The van der Waals surface area contributed by atoms with Crippen molar-refractivity contribution in [2.75, 3.05) is 64.1 Å². The molecule has 174 valence electrons. The number of benzene rings is 1. The lowest BCUT2D eigenvalue weighted by Gasteiger charge is -2.32. The van der Waals surface area contributed by atoms with Crippen molar-refractivity contribution >= 4 is 33.0 Å².